The van der Waals surface area contributed by atoms with Gasteiger partial charge in [-0.1, -0.05) is 33.1 Å². The Hall–Kier alpha value is -1.10. The zero-order chi connectivity index (χ0) is 15.4. The number of rotatable bonds is 8. The van der Waals surface area contributed by atoms with Crippen molar-refractivity contribution in [3.05, 3.63) is 0 Å². The van der Waals surface area contributed by atoms with E-state index >= 15 is 0 Å². The van der Waals surface area contributed by atoms with Gasteiger partial charge >= 0.3 is 11.9 Å². The number of unbranched alkanes of at least 4 members (excludes halogenated alkanes) is 1. The van der Waals surface area contributed by atoms with E-state index in [0.717, 1.165) is 32.1 Å². The first-order valence-corrected chi connectivity index (χ1v) is 8.13. The lowest BCUT2D eigenvalue weighted by atomic mass is 9.79. The molecule has 5 atom stereocenters. The predicted molar refractivity (Wildman–Crippen MR) is 76.8 cm³/mol. The molecule has 0 aromatic heterocycles. The largest absolute Gasteiger partial charge is 0.481 e. The second-order valence-electron chi connectivity index (χ2n) is 6.23. The van der Waals surface area contributed by atoms with Gasteiger partial charge in [0, 0.05) is 0 Å². The SMILES string of the molecule is CCCCC(CC)COC(=O)C1C(C(=O)O)CCC2OC21. The molecule has 2 rings (SSSR count). The van der Waals surface area contributed by atoms with Crippen LogP contribution in [0.2, 0.25) is 0 Å². The molecular weight excluding hydrogens is 272 g/mol. The monoisotopic (exact) mass is 298 g/mol. The number of carbonyl (C=O) groups is 2. The van der Waals surface area contributed by atoms with E-state index in [0.29, 0.717) is 18.9 Å². The lowest BCUT2D eigenvalue weighted by Crippen LogP contribution is -2.39. The summed E-state index contributed by atoms with van der Waals surface area (Å²) in [5.74, 6) is -2.20. The summed E-state index contributed by atoms with van der Waals surface area (Å²) >= 11 is 0. The van der Waals surface area contributed by atoms with Crippen molar-refractivity contribution in [1.29, 1.82) is 0 Å². The lowest BCUT2D eigenvalue weighted by Gasteiger charge is -2.25. The molecule has 5 unspecified atom stereocenters. The van der Waals surface area contributed by atoms with Gasteiger partial charge in [-0.25, -0.2) is 0 Å². The van der Waals surface area contributed by atoms with Gasteiger partial charge in [0.05, 0.1) is 30.7 Å². The maximum atomic E-state index is 12.3. The van der Waals surface area contributed by atoms with Crippen LogP contribution in [0, 0.1) is 17.8 Å². The molecule has 1 saturated carbocycles. The number of carboxylic acids is 1. The Kier molecular flexibility index (Phi) is 5.62. The molecule has 0 aromatic rings. The third-order valence-electron chi connectivity index (χ3n) is 4.77. The fourth-order valence-corrected chi connectivity index (χ4v) is 3.23. The molecule has 21 heavy (non-hydrogen) atoms. The lowest BCUT2D eigenvalue weighted by molar-refractivity contribution is -0.160. The quantitative estimate of drug-likeness (QED) is 0.550. The number of carbonyl (C=O) groups excluding carboxylic acids is 1. The molecule has 0 aromatic carbocycles. The number of fused-ring (bicyclic) bond motifs is 1. The number of hydrogen-bond acceptors (Lipinski definition) is 4. The highest BCUT2D eigenvalue weighted by Gasteiger charge is 2.57. The molecule has 0 radical (unpaired) electrons. The number of hydrogen-bond donors (Lipinski definition) is 1. The Bertz CT molecular complexity index is 381. The number of esters is 1. The molecule has 1 N–H and O–H groups in total. The van der Waals surface area contributed by atoms with E-state index in [2.05, 4.69) is 13.8 Å². The van der Waals surface area contributed by atoms with Crippen molar-refractivity contribution in [3.8, 4) is 0 Å². The van der Waals surface area contributed by atoms with Crippen LogP contribution < -0.4 is 0 Å². The van der Waals surface area contributed by atoms with Gasteiger partial charge in [-0.2, -0.15) is 0 Å². The predicted octanol–water partition coefficient (Wildman–Crippen LogP) is 2.62. The summed E-state index contributed by atoms with van der Waals surface area (Å²) in [6.07, 6.45) is 5.36. The van der Waals surface area contributed by atoms with Crippen LogP contribution in [0.25, 0.3) is 0 Å². The van der Waals surface area contributed by atoms with Gasteiger partial charge in [-0.3, -0.25) is 9.59 Å². The highest BCUT2D eigenvalue weighted by molar-refractivity contribution is 5.82. The van der Waals surface area contributed by atoms with Crippen molar-refractivity contribution in [1.82, 2.24) is 0 Å². The van der Waals surface area contributed by atoms with E-state index < -0.39 is 17.8 Å². The molecule has 1 saturated heterocycles. The third-order valence-corrected chi connectivity index (χ3v) is 4.77. The van der Waals surface area contributed by atoms with E-state index in [1.165, 1.54) is 0 Å². The molecular formula is C16H26O5. The van der Waals surface area contributed by atoms with Gasteiger partial charge in [-0.15, -0.1) is 0 Å². The Morgan fingerprint density at radius 3 is 2.71 bits per heavy atom. The molecule has 5 nitrogen and oxygen atoms in total. The van der Waals surface area contributed by atoms with E-state index in [4.69, 9.17) is 9.47 Å². The van der Waals surface area contributed by atoms with E-state index in [9.17, 15) is 14.7 Å². The molecule has 0 amide bonds. The molecule has 2 aliphatic rings. The van der Waals surface area contributed by atoms with Crippen LogP contribution in [0.15, 0.2) is 0 Å². The summed E-state index contributed by atoms with van der Waals surface area (Å²) in [6.45, 7) is 4.63. The Morgan fingerprint density at radius 2 is 2.10 bits per heavy atom. The normalized spacial score (nSPS) is 32.1. The van der Waals surface area contributed by atoms with Crippen molar-refractivity contribution in [2.75, 3.05) is 6.61 Å². The van der Waals surface area contributed by atoms with Gasteiger partial charge in [0.25, 0.3) is 0 Å². The topological polar surface area (TPSA) is 76.1 Å². The van der Waals surface area contributed by atoms with Crippen LogP contribution >= 0.6 is 0 Å². The Labute approximate surface area is 126 Å². The highest BCUT2D eigenvalue weighted by atomic mass is 16.6. The van der Waals surface area contributed by atoms with Gasteiger partial charge in [0.15, 0.2) is 0 Å². The minimum absolute atomic E-state index is 0.0696. The van der Waals surface area contributed by atoms with Crippen LogP contribution in [0.4, 0.5) is 0 Å². The number of epoxide rings is 1. The van der Waals surface area contributed by atoms with Gasteiger partial charge in [0.1, 0.15) is 0 Å². The molecule has 1 aliphatic heterocycles. The first-order chi connectivity index (χ1) is 10.1. The van der Waals surface area contributed by atoms with Crippen molar-refractivity contribution in [2.24, 2.45) is 17.8 Å². The van der Waals surface area contributed by atoms with Crippen molar-refractivity contribution in [2.45, 2.75) is 64.6 Å². The molecule has 1 aliphatic carbocycles. The molecule has 5 heteroatoms. The third kappa shape index (κ3) is 3.96. The molecule has 0 spiro atoms. The standard InChI is InChI=1S/C16H26O5/c1-3-5-6-10(4-2)9-20-16(19)13-11(15(17)18)7-8-12-14(13)21-12/h10-14H,3-9H2,1-2H3,(H,17,18). The summed E-state index contributed by atoms with van der Waals surface area (Å²) in [5.41, 5.74) is 0. The van der Waals surface area contributed by atoms with Crippen LogP contribution in [-0.2, 0) is 19.1 Å². The summed E-state index contributed by atoms with van der Waals surface area (Å²) < 4.78 is 10.9. The average molecular weight is 298 g/mol. The van der Waals surface area contributed by atoms with E-state index in [1.54, 1.807) is 0 Å². The smallest absolute Gasteiger partial charge is 0.312 e. The zero-order valence-electron chi connectivity index (χ0n) is 12.9. The maximum absolute atomic E-state index is 12.3. The summed E-state index contributed by atoms with van der Waals surface area (Å²) in [4.78, 5) is 23.6. The first-order valence-electron chi connectivity index (χ1n) is 8.13. The molecule has 0 bridgehead atoms. The molecule has 2 fully saturated rings. The minimum atomic E-state index is -0.913. The van der Waals surface area contributed by atoms with Crippen LogP contribution in [0.1, 0.15) is 52.4 Å². The van der Waals surface area contributed by atoms with E-state index in [-0.39, 0.29) is 18.2 Å². The molecule has 120 valence electrons. The van der Waals surface area contributed by atoms with E-state index in [1.807, 2.05) is 0 Å². The van der Waals surface area contributed by atoms with Gasteiger partial charge in [0.2, 0.25) is 0 Å². The summed E-state index contributed by atoms with van der Waals surface area (Å²) in [5, 5.41) is 9.27. The number of aliphatic carboxylic acids is 1. The van der Waals surface area contributed by atoms with Crippen molar-refractivity contribution >= 4 is 11.9 Å². The number of carboxylic acid groups (broad SMARTS) is 1. The second-order valence-corrected chi connectivity index (χ2v) is 6.23. The first kappa shape index (κ1) is 16.3. The minimum Gasteiger partial charge on any atom is -0.481 e. The number of ether oxygens (including phenoxy) is 2. The molecule has 1 heterocycles. The Balaban J connectivity index is 1.87. The van der Waals surface area contributed by atoms with Crippen LogP contribution in [-0.4, -0.2) is 35.9 Å². The van der Waals surface area contributed by atoms with Crippen molar-refractivity contribution < 1.29 is 24.2 Å². The van der Waals surface area contributed by atoms with Gasteiger partial charge < -0.3 is 14.6 Å². The Morgan fingerprint density at radius 1 is 1.33 bits per heavy atom. The maximum Gasteiger partial charge on any atom is 0.312 e. The fourth-order valence-electron chi connectivity index (χ4n) is 3.23. The van der Waals surface area contributed by atoms with Gasteiger partial charge in [-0.05, 0) is 25.2 Å². The fraction of sp³-hybridized carbons (Fsp3) is 0.875. The van der Waals surface area contributed by atoms with Crippen LogP contribution in [0.3, 0.4) is 0 Å². The second kappa shape index (κ2) is 7.25. The highest BCUT2D eigenvalue weighted by Crippen LogP contribution is 2.44. The van der Waals surface area contributed by atoms with Crippen LogP contribution in [0.5, 0.6) is 0 Å². The summed E-state index contributed by atoms with van der Waals surface area (Å²) in [6, 6.07) is 0. The van der Waals surface area contributed by atoms with Crippen molar-refractivity contribution in [3.63, 3.8) is 0 Å². The summed E-state index contributed by atoms with van der Waals surface area (Å²) in [7, 11) is 0. The average Bonchev–Trinajstić information content (AvgIpc) is 3.25. The zero-order valence-corrected chi connectivity index (χ0v) is 12.9.